The minimum absolute atomic E-state index is 0.177. The highest BCUT2D eigenvalue weighted by Crippen LogP contribution is 2.48. The summed E-state index contributed by atoms with van der Waals surface area (Å²) in [7, 11) is 0. The molecule has 0 radical (unpaired) electrons. The number of urea groups is 1. The van der Waals surface area contributed by atoms with Gasteiger partial charge in [-0.2, -0.15) is 0 Å². The maximum atomic E-state index is 12.4. The predicted molar refractivity (Wildman–Crippen MR) is 115 cm³/mol. The normalized spacial score (nSPS) is 22.0. The molecule has 160 valence electrons. The number of ketones is 1. The van der Waals surface area contributed by atoms with Gasteiger partial charge in [-0.25, -0.2) is 9.78 Å². The van der Waals surface area contributed by atoms with Gasteiger partial charge < -0.3 is 15.1 Å². The zero-order chi connectivity index (χ0) is 20.9. The lowest BCUT2D eigenvalue weighted by atomic mass is 9.74. The van der Waals surface area contributed by atoms with E-state index in [4.69, 9.17) is 21.0 Å². The number of likely N-dealkylation sites (tertiary alicyclic amines) is 1. The molecule has 3 heterocycles. The fourth-order valence-corrected chi connectivity index (χ4v) is 5.62. The summed E-state index contributed by atoms with van der Waals surface area (Å²) in [6.45, 7) is 4.02. The summed E-state index contributed by atoms with van der Waals surface area (Å²) in [5.74, 6) is 1.11. The number of hydrogen-bond donors (Lipinski definition) is 2. The summed E-state index contributed by atoms with van der Waals surface area (Å²) < 4.78 is 6.29. The number of hydrogen-bond acceptors (Lipinski definition) is 5. The molecule has 8 heteroatoms. The molecule has 2 aliphatic heterocycles. The number of nitrogens with one attached hydrogen (secondary N) is 2. The number of carbonyl (C=O) groups excluding carboxylic acids is 2. The molecule has 30 heavy (non-hydrogen) atoms. The van der Waals surface area contributed by atoms with Gasteiger partial charge in [0, 0.05) is 11.5 Å². The Morgan fingerprint density at radius 2 is 2.03 bits per heavy atom. The van der Waals surface area contributed by atoms with E-state index in [0.717, 1.165) is 68.3 Å². The van der Waals surface area contributed by atoms with E-state index in [1.54, 1.807) is 13.0 Å². The molecule has 2 amide bonds. The first kappa shape index (κ1) is 19.8. The highest BCUT2D eigenvalue weighted by Gasteiger charge is 2.44. The van der Waals surface area contributed by atoms with Crippen LogP contribution in [0.15, 0.2) is 10.5 Å². The third kappa shape index (κ3) is 3.38. The van der Waals surface area contributed by atoms with Gasteiger partial charge in [-0.15, -0.1) is 0 Å². The van der Waals surface area contributed by atoms with E-state index in [2.05, 4.69) is 15.5 Å². The molecular weight excluding hydrogens is 404 g/mol. The van der Waals surface area contributed by atoms with E-state index in [9.17, 15) is 9.59 Å². The fourth-order valence-electron chi connectivity index (χ4n) is 5.37. The molecule has 1 aliphatic carbocycles. The Morgan fingerprint density at radius 1 is 1.30 bits per heavy atom. The summed E-state index contributed by atoms with van der Waals surface area (Å²) in [6, 6.07) is 1.58. The topological polar surface area (TPSA) is 87.5 Å². The second-order valence-corrected chi connectivity index (χ2v) is 9.35. The van der Waals surface area contributed by atoms with Gasteiger partial charge >= 0.3 is 6.03 Å². The van der Waals surface area contributed by atoms with E-state index in [1.165, 1.54) is 6.42 Å². The molecule has 1 saturated carbocycles. The number of halogens is 1. The number of oxazole rings is 1. The van der Waals surface area contributed by atoms with Crippen LogP contribution in [0.2, 0.25) is 5.02 Å². The molecule has 7 nitrogen and oxygen atoms in total. The Balaban J connectivity index is 1.49. The maximum Gasteiger partial charge on any atom is 0.319 e. The van der Waals surface area contributed by atoms with Crippen LogP contribution in [0.5, 0.6) is 0 Å². The van der Waals surface area contributed by atoms with Crippen molar-refractivity contribution in [1.82, 2.24) is 15.2 Å². The SMILES string of the molecule is CC(=O)C1CCN(Cc2nc3cc(Cl)c4c(c3o2)C2(CCCCC2)NC(=O)N4)CC1. The first-order valence-electron chi connectivity index (χ1n) is 10.9. The minimum Gasteiger partial charge on any atom is -0.439 e. The van der Waals surface area contributed by atoms with Crippen LogP contribution < -0.4 is 10.6 Å². The fraction of sp³-hybridized carbons (Fsp3) is 0.591. The zero-order valence-electron chi connectivity index (χ0n) is 17.2. The molecule has 1 saturated heterocycles. The van der Waals surface area contributed by atoms with Crippen LogP contribution in [0.1, 0.15) is 63.3 Å². The van der Waals surface area contributed by atoms with E-state index < -0.39 is 5.54 Å². The van der Waals surface area contributed by atoms with Crippen molar-refractivity contribution in [3.63, 3.8) is 0 Å². The molecule has 0 bridgehead atoms. The van der Waals surface area contributed by atoms with Crippen LogP contribution in [0.3, 0.4) is 0 Å². The van der Waals surface area contributed by atoms with Crippen LogP contribution in [0, 0.1) is 5.92 Å². The number of piperidine rings is 1. The van der Waals surface area contributed by atoms with Crippen molar-refractivity contribution in [2.45, 2.75) is 64.0 Å². The molecule has 2 N–H and O–H groups in total. The van der Waals surface area contributed by atoms with Gasteiger partial charge in [-0.3, -0.25) is 9.69 Å². The summed E-state index contributed by atoms with van der Waals surface area (Å²) in [6.07, 6.45) is 6.79. The largest absolute Gasteiger partial charge is 0.439 e. The molecule has 1 aromatic carbocycles. The molecule has 1 aromatic heterocycles. The number of Topliss-reactive ketones (excluding diaryl/α,β-unsaturated/α-hetero) is 1. The molecule has 2 fully saturated rings. The number of rotatable bonds is 3. The zero-order valence-corrected chi connectivity index (χ0v) is 18.0. The number of anilines is 1. The number of benzene rings is 1. The van der Waals surface area contributed by atoms with E-state index >= 15 is 0 Å². The first-order valence-corrected chi connectivity index (χ1v) is 11.3. The average molecular weight is 431 g/mol. The monoisotopic (exact) mass is 430 g/mol. The summed E-state index contributed by atoms with van der Waals surface area (Å²) in [5, 5.41) is 6.56. The second kappa shape index (κ2) is 7.54. The highest BCUT2D eigenvalue weighted by molar-refractivity contribution is 6.35. The molecule has 1 spiro atoms. The number of amides is 2. The van der Waals surface area contributed by atoms with Crippen molar-refractivity contribution in [2.24, 2.45) is 5.92 Å². The summed E-state index contributed by atoms with van der Waals surface area (Å²) in [4.78, 5) is 31.0. The van der Waals surface area contributed by atoms with Gasteiger partial charge in [0.25, 0.3) is 0 Å². The standard InChI is InChI=1S/C22H27ClN4O3/c1-13(28)14-5-9-27(10-6-14)12-17-24-16-11-15(23)19-18(20(16)30-17)22(26-21(29)25-19)7-3-2-4-8-22/h11,14H,2-10,12H2,1H3,(H2,25,26,29). The van der Waals surface area contributed by atoms with Gasteiger partial charge in [0.05, 0.1) is 22.8 Å². The lowest BCUT2D eigenvalue weighted by Gasteiger charge is -2.42. The van der Waals surface area contributed by atoms with Crippen LogP contribution in [0.25, 0.3) is 11.1 Å². The smallest absolute Gasteiger partial charge is 0.319 e. The van der Waals surface area contributed by atoms with E-state index in [-0.39, 0.29) is 17.7 Å². The number of aromatic nitrogens is 1. The van der Waals surface area contributed by atoms with Crippen molar-refractivity contribution >= 4 is 40.2 Å². The minimum atomic E-state index is -0.449. The Kier molecular flexibility index (Phi) is 4.98. The Bertz CT molecular complexity index is 1000. The summed E-state index contributed by atoms with van der Waals surface area (Å²) >= 11 is 6.57. The van der Waals surface area contributed by atoms with Gasteiger partial charge in [0.2, 0.25) is 5.89 Å². The van der Waals surface area contributed by atoms with Gasteiger partial charge in [0.15, 0.2) is 5.58 Å². The molecule has 0 unspecified atom stereocenters. The van der Waals surface area contributed by atoms with Gasteiger partial charge in [-0.05, 0) is 51.8 Å². The third-order valence-corrected chi connectivity index (χ3v) is 7.27. The van der Waals surface area contributed by atoms with Crippen molar-refractivity contribution in [2.75, 3.05) is 18.4 Å². The Morgan fingerprint density at radius 3 is 2.73 bits per heavy atom. The summed E-state index contributed by atoms with van der Waals surface area (Å²) in [5.41, 5.74) is 2.60. The van der Waals surface area contributed by atoms with Crippen molar-refractivity contribution in [3.8, 4) is 0 Å². The molecule has 5 rings (SSSR count). The number of nitrogens with zero attached hydrogens (tertiary/aromatic N) is 2. The van der Waals surface area contributed by atoms with Crippen molar-refractivity contribution in [3.05, 3.63) is 22.5 Å². The van der Waals surface area contributed by atoms with E-state index in [1.807, 2.05) is 0 Å². The average Bonchev–Trinajstić information content (AvgIpc) is 3.10. The van der Waals surface area contributed by atoms with Crippen molar-refractivity contribution < 1.29 is 14.0 Å². The number of carbonyl (C=O) groups is 2. The van der Waals surface area contributed by atoms with E-state index in [0.29, 0.717) is 23.1 Å². The van der Waals surface area contributed by atoms with Crippen LogP contribution in [-0.2, 0) is 16.9 Å². The third-order valence-electron chi connectivity index (χ3n) is 6.98. The molecule has 2 aromatic rings. The first-order chi connectivity index (χ1) is 14.4. The molecule has 3 aliphatic rings. The maximum absolute atomic E-state index is 12.4. The van der Waals surface area contributed by atoms with Crippen LogP contribution in [0.4, 0.5) is 10.5 Å². The van der Waals surface area contributed by atoms with Crippen molar-refractivity contribution in [1.29, 1.82) is 0 Å². The Hall–Kier alpha value is -2.12. The number of fused-ring (bicyclic) bond motifs is 4. The molecule has 0 atom stereocenters. The second-order valence-electron chi connectivity index (χ2n) is 8.95. The predicted octanol–water partition coefficient (Wildman–Crippen LogP) is 4.58. The van der Waals surface area contributed by atoms with Gasteiger partial charge in [0.1, 0.15) is 11.3 Å². The van der Waals surface area contributed by atoms with Gasteiger partial charge in [-0.1, -0.05) is 30.9 Å². The van der Waals surface area contributed by atoms with Crippen LogP contribution >= 0.6 is 11.6 Å². The molecular formula is C22H27ClN4O3. The lowest BCUT2D eigenvalue weighted by Crippen LogP contribution is -2.52. The Labute approximate surface area is 180 Å². The quantitative estimate of drug-likeness (QED) is 0.744. The lowest BCUT2D eigenvalue weighted by molar-refractivity contribution is -0.122. The van der Waals surface area contributed by atoms with Crippen LogP contribution in [-0.4, -0.2) is 34.8 Å². The highest BCUT2D eigenvalue weighted by atomic mass is 35.5.